The molecule has 3 aromatic heterocycles. The Labute approximate surface area is 196 Å². The van der Waals surface area contributed by atoms with Crippen molar-refractivity contribution in [3.63, 3.8) is 0 Å². The molecule has 0 fully saturated rings. The molecule has 162 valence electrons. The van der Waals surface area contributed by atoms with Crippen molar-refractivity contribution in [2.24, 2.45) is 0 Å². The third-order valence-corrected chi connectivity index (χ3v) is 5.43. The molecule has 0 aliphatic rings. The van der Waals surface area contributed by atoms with E-state index in [-0.39, 0.29) is 32.8 Å². The molecule has 9 nitrogen and oxygen atoms in total. The molecule has 5 aromatic rings. The van der Waals surface area contributed by atoms with Gasteiger partial charge < -0.3 is 5.32 Å². The van der Waals surface area contributed by atoms with E-state index in [0.29, 0.717) is 11.2 Å². The van der Waals surface area contributed by atoms with Gasteiger partial charge in [0.1, 0.15) is 5.49 Å². The Kier molecular flexibility index (Phi) is 5.33. The lowest BCUT2D eigenvalue weighted by atomic mass is 10.2. The van der Waals surface area contributed by atoms with Crippen LogP contribution in [0.25, 0.3) is 28.1 Å². The highest BCUT2D eigenvalue weighted by molar-refractivity contribution is 6.37. The molecule has 0 aliphatic heterocycles. The number of hydrogen-bond donors (Lipinski definition) is 3. The van der Waals surface area contributed by atoms with Crippen molar-refractivity contribution in [2.75, 3.05) is 5.32 Å². The lowest BCUT2D eigenvalue weighted by Gasteiger charge is -2.12. The van der Waals surface area contributed by atoms with Crippen LogP contribution >= 0.6 is 23.2 Å². The van der Waals surface area contributed by atoms with E-state index in [1.54, 1.807) is 36.7 Å². The zero-order chi connectivity index (χ0) is 22.9. The quantitative estimate of drug-likeness (QED) is 0.358. The first-order chi connectivity index (χ1) is 16.0. The first-order valence-electron chi connectivity index (χ1n) is 9.67. The molecule has 0 amide bonds. The first kappa shape index (κ1) is 20.8. The van der Waals surface area contributed by atoms with E-state index in [4.69, 9.17) is 28.6 Å². The van der Waals surface area contributed by atoms with Gasteiger partial charge in [-0.15, -0.1) is 0 Å². The third kappa shape index (κ3) is 3.95. The Morgan fingerprint density at radius 3 is 2.33 bits per heavy atom. The normalized spacial score (nSPS) is 11.0. The van der Waals surface area contributed by atoms with Crippen molar-refractivity contribution in [3.8, 4) is 17.1 Å². The number of aromatic amines is 1. The predicted molar refractivity (Wildman–Crippen MR) is 126 cm³/mol. The number of hydrogen-bond acceptors (Lipinski definition) is 7. The molecule has 11 heteroatoms. The summed E-state index contributed by atoms with van der Waals surface area (Å²) >= 11 is 12.5. The van der Waals surface area contributed by atoms with E-state index in [1.165, 1.54) is 6.20 Å². The van der Waals surface area contributed by atoms with Gasteiger partial charge in [0.15, 0.2) is 11.5 Å². The third-order valence-electron chi connectivity index (χ3n) is 4.82. The van der Waals surface area contributed by atoms with E-state index in [2.05, 4.69) is 30.2 Å². The van der Waals surface area contributed by atoms with Crippen molar-refractivity contribution in [1.82, 2.24) is 29.5 Å². The van der Waals surface area contributed by atoms with Crippen LogP contribution in [-0.4, -0.2) is 29.5 Å². The van der Waals surface area contributed by atoms with Crippen molar-refractivity contribution >= 4 is 45.9 Å². The zero-order valence-electron chi connectivity index (χ0n) is 16.8. The van der Waals surface area contributed by atoms with Gasteiger partial charge in [0.2, 0.25) is 5.95 Å². The van der Waals surface area contributed by atoms with Crippen molar-refractivity contribution < 1.29 is 0 Å². The number of H-pyrrole nitrogens is 1. The molecular weight excluding hydrogens is 463 g/mol. The van der Waals surface area contributed by atoms with E-state index >= 15 is 0 Å². The molecule has 0 saturated heterocycles. The van der Waals surface area contributed by atoms with Gasteiger partial charge in [-0.3, -0.25) is 10.4 Å². The fourth-order valence-electron chi connectivity index (χ4n) is 3.29. The lowest BCUT2D eigenvalue weighted by Crippen LogP contribution is -2.34. The molecule has 0 atom stereocenters. The average Bonchev–Trinajstić information content (AvgIpc) is 2.82. The average molecular weight is 477 g/mol. The van der Waals surface area contributed by atoms with Crippen molar-refractivity contribution in [2.45, 2.75) is 0 Å². The number of para-hydroxylation sites is 1. The fourth-order valence-corrected chi connectivity index (χ4v) is 3.85. The van der Waals surface area contributed by atoms with Gasteiger partial charge in [-0.1, -0.05) is 29.3 Å². The van der Waals surface area contributed by atoms with E-state index < -0.39 is 5.69 Å². The SMILES string of the molecule is N=c1c2cnc(Nc3ccc(-c4ncccn4)cc3)nc2[nH]c(=O)n1-c1c(Cl)cccc1Cl. The first-order valence-corrected chi connectivity index (χ1v) is 10.4. The summed E-state index contributed by atoms with van der Waals surface area (Å²) in [6.07, 6.45) is 4.82. The fraction of sp³-hybridized carbons (Fsp3) is 0. The van der Waals surface area contributed by atoms with E-state index in [9.17, 15) is 4.79 Å². The van der Waals surface area contributed by atoms with Gasteiger partial charge >= 0.3 is 5.69 Å². The van der Waals surface area contributed by atoms with Crippen LogP contribution in [0, 0.1) is 5.41 Å². The number of fused-ring (bicyclic) bond motifs is 1. The number of rotatable bonds is 4. The van der Waals surface area contributed by atoms with Gasteiger partial charge in [-0.05, 0) is 42.5 Å². The summed E-state index contributed by atoms with van der Waals surface area (Å²) in [5, 5.41) is 12.4. The Balaban J connectivity index is 1.50. The predicted octanol–water partition coefficient (Wildman–Crippen LogP) is 4.10. The molecule has 0 unspecified atom stereocenters. The van der Waals surface area contributed by atoms with Crippen LogP contribution < -0.4 is 16.5 Å². The minimum atomic E-state index is -0.598. The van der Waals surface area contributed by atoms with Gasteiger partial charge in [0.25, 0.3) is 0 Å². The highest BCUT2D eigenvalue weighted by Crippen LogP contribution is 2.26. The highest BCUT2D eigenvalue weighted by atomic mass is 35.5. The Hall–Kier alpha value is -4.08. The second-order valence-electron chi connectivity index (χ2n) is 6.92. The standard InChI is InChI=1S/C22H14Cl2N8O/c23-15-3-1-4-16(24)17(15)32-18(25)14-11-28-21(30-20(14)31-22(32)33)29-13-7-5-12(6-8-13)19-26-9-2-10-27-19/h1-11,25H,(H2,28,29,30,31,33). The number of halogens is 2. The van der Waals surface area contributed by atoms with Crippen LogP contribution in [-0.2, 0) is 0 Å². The maximum Gasteiger partial charge on any atom is 0.333 e. The summed E-state index contributed by atoms with van der Waals surface area (Å²) in [6, 6.07) is 14.0. The molecule has 5 rings (SSSR count). The van der Waals surface area contributed by atoms with Crippen molar-refractivity contribution in [1.29, 1.82) is 5.41 Å². The Bertz CT molecular complexity index is 1580. The van der Waals surface area contributed by atoms with Crippen LogP contribution in [0.1, 0.15) is 0 Å². The van der Waals surface area contributed by atoms with E-state index in [1.807, 2.05) is 24.3 Å². The number of anilines is 2. The summed E-state index contributed by atoms with van der Waals surface area (Å²) in [7, 11) is 0. The number of aromatic nitrogens is 6. The maximum absolute atomic E-state index is 12.8. The minimum Gasteiger partial charge on any atom is -0.324 e. The van der Waals surface area contributed by atoms with Crippen LogP contribution in [0.3, 0.4) is 0 Å². The summed E-state index contributed by atoms with van der Waals surface area (Å²) in [6.45, 7) is 0. The molecule has 3 N–H and O–H groups in total. The largest absolute Gasteiger partial charge is 0.333 e. The Morgan fingerprint density at radius 1 is 0.939 bits per heavy atom. The van der Waals surface area contributed by atoms with Gasteiger partial charge in [-0.2, -0.15) is 4.98 Å². The maximum atomic E-state index is 12.8. The smallest absolute Gasteiger partial charge is 0.324 e. The van der Waals surface area contributed by atoms with Crippen LogP contribution in [0.5, 0.6) is 0 Å². The minimum absolute atomic E-state index is 0.137. The summed E-state index contributed by atoms with van der Waals surface area (Å²) < 4.78 is 1.09. The van der Waals surface area contributed by atoms with Gasteiger partial charge in [0.05, 0.1) is 21.1 Å². The Morgan fingerprint density at radius 2 is 1.64 bits per heavy atom. The summed E-state index contributed by atoms with van der Waals surface area (Å²) in [4.78, 5) is 32.5. The number of nitrogens with one attached hydrogen (secondary N) is 3. The number of nitrogens with zero attached hydrogens (tertiary/aromatic N) is 5. The molecular formula is C22H14Cl2N8O. The second kappa shape index (κ2) is 8.45. The molecule has 0 aliphatic carbocycles. The lowest BCUT2D eigenvalue weighted by molar-refractivity contribution is 0.854. The monoisotopic (exact) mass is 476 g/mol. The molecule has 0 radical (unpaired) electrons. The highest BCUT2D eigenvalue weighted by Gasteiger charge is 2.15. The molecule has 0 bridgehead atoms. The van der Waals surface area contributed by atoms with Crippen LogP contribution in [0.15, 0.2) is 71.9 Å². The topological polar surface area (TPSA) is 125 Å². The molecule has 33 heavy (non-hydrogen) atoms. The molecule has 3 heterocycles. The van der Waals surface area contributed by atoms with Crippen LogP contribution in [0.2, 0.25) is 10.0 Å². The van der Waals surface area contributed by atoms with Gasteiger partial charge in [-0.25, -0.2) is 24.3 Å². The molecule has 0 saturated carbocycles. The van der Waals surface area contributed by atoms with Crippen molar-refractivity contribution in [3.05, 3.63) is 93.1 Å². The van der Waals surface area contributed by atoms with Gasteiger partial charge in [0, 0.05) is 29.8 Å². The molecule has 2 aromatic carbocycles. The molecule has 0 spiro atoms. The summed E-state index contributed by atoms with van der Waals surface area (Å²) in [5.41, 5.74) is 1.29. The van der Waals surface area contributed by atoms with Crippen LogP contribution in [0.4, 0.5) is 11.6 Å². The summed E-state index contributed by atoms with van der Waals surface area (Å²) in [5.74, 6) is 0.883. The van der Waals surface area contributed by atoms with E-state index in [0.717, 1.165) is 15.8 Å². The zero-order valence-corrected chi connectivity index (χ0v) is 18.3. The number of benzene rings is 2. The second-order valence-corrected chi connectivity index (χ2v) is 7.73.